The van der Waals surface area contributed by atoms with Crippen LogP contribution in [0.25, 0.3) is 0 Å². The maximum atomic E-state index is 2.38. The van der Waals surface area contributed by atoms with Gasteiger partial charge >= 0.3 is 0 Å². The number of aryl methyl sites for hydroxylation is 2. The summed E-state index contributed by atoms with van der Waals surface area (Å²) < 4.78 is 4.44. The Morgan fingerprint density at radius 3 is 1.95 bits per heavy atom. The van der Waals surface area contributed by atoms with Gasteiger partial charge in [-0.1, -0.05) is 20.8 Å². The Hall–Kier alpha value is -0.360. The molecule has 0 aliphatic rings. The van der Waals surface area contributed by atoms with Gasteiger partial charge in [-0.3, -0.25) is 0 Å². The van der Waals surface area contributed by atoms with Crippen molar-refractivity contribution in [3.8, 4) is 0 Å². The average Bonchev–Trinajstić information content (AvgIpc) is 2.85. The van der Waals surface area contributed by atoms with E-state index in [1.807, 2.05) is 0 Å². The van der Waals surface area contributed by atoms with Gasteiger partial charge in [-0.25, -0.2) is 9.13 Å². The second-order valence-electron chi connectivity index (χ2n) is 6.61. The van der Waals surface area contributed by atoms with Crippen LogP contribution in [0.15, 0.2) is 18.7 Å². The van der Waals surface area contributed by atoms with Crippen molar-refractivity contribution in [2.45, 2.75) is 65.8 Å². The number of imidazole rings is 1. The Balaban J connectivity index is 2.31. The first-order valence-corrected chi connectivity index (χ1v) is 11.5. The van der Waals surface area contributed by atoms with Crippen LogP contribution in [0.1, 0.15) is 59.3 Å². The van der Waals surface area contributed by atoms with Crippen molar-refractivity contribution in [1.82, 2.24) is 4.57 Å². The average molecular weight is 312 g/mol. The number of hydrogen-bond donors (Lipinski definition) is 0. The van der Waals surface area contributed by atoms with E-state index in [0.717, 1.165) is 0 Å². The molecule has 0 radical (unpaired) electrons. The summed E-state index contributed by atoms with van der Waals surface area (Å²) in [7, 11) is 1.48. The molecule has 0 N–H and O–H groups in total. The standard InChI is InChI=1S/C18H37N2P/c1-5-14-21(15-6-2,16-7-3)17-10-8-9-11-20-13-12-19(4)18-20/h12-13,18H,5-11,14-17H2,1-4H3/q+2. The van der Waals surface area contributed by atoms with E-state index >= 15 is 0 Å². The Labute approximate surface area is 133 Å². The van der Waals surface area contributed by atoms with Crippen LogP contribution < -0.4 is 4.57 Å². The Kier molecular flexibility index (Phi) is 9.24. The third kappa shape index (κ3) is 6.96. The largest absolute Gasteiger partial charge is 0.243 e. The van der Waals surface area contributed by atoms with Gasteiger partial charge in [-0.05, 0) is 38.5 Å². The molecule has 122 valence electrons. The molecule has 0 fully saturated rings. The summed E-state index contributed by atoms with van der Waals surface area (Å²) in [5, 5.41) is 0. The Morgan fingerprint density at radius 2 is 1.48 bits per heavy atom. The monoisotopic (exact) mass is 312 g/mol. The summed E-state index contributed by atoms with van der Waals surface area (Å²) in [5.74, 6) is 0. The number of aromatic nitrogens is 2. The van der Waals surface area contributed by atoms with Gasteiger partial charge in [0.1, 0.15) is 12.4 Å². The van der Waals surface area contributed by atoms with E-state index in [9.17, 15) is 0 Å². The van der Waals surface area contributed by atoms with Crippen molar-refractivity contribution < 1.29 is 4.57 Å². The van der Waals surface area contributed by atoms with Crippen LogP contribution in [-0.2, 0) is 13.6 Å². The van der Waals surface area contributed by atoms with Crippen LogP contribution in [0.5, 0.6) is 0 Å². The lowest BCUT2D eigenvalue weighted by molar-refractivity contribution is -0.671. The normalized spacial score (nSPS) is 12.0. The zero-order valence-corrected chi connectivity index (χ0v) is 15.7. The molecular weight excluding hydrogens is 275 g/mol. The summed E-state index contributed by atoms with van der Waals surface area (Å²) in [5.41, 5.74) is 0. The third-order valence-electron chi connectivity index (χ3n) is 4.47. The molecule has 1 rings (SSSR count). The van der Waals surface area contributed by atoms with Crippen molar-refractivity contribution in [1.29, 1.82) is 0 Å². The second kappa shape index (κ2) is 10.4. The molecule has 0 atom stereocenters. The second-order valence-corrected chi connectivity index (χ2v) is 11.1. The zero-order chi connectivity index (χ0) is 15.6. The number of nitrogens with zero attached hydrogens (tertiary/aromatic N) is 2. The SMILES string of the molecule is CCC[P+](CCC)(CCC)CCCCCn1cc[n+](C)c1. The van der Waals surface area contributed by atoms with Gasteiger partial charge in [0.15, 0.2) is 0 Å². The molecule has 1 aromatic rings. The molecule has 0 aromatic carbocycles. The molecule has 0 aliphatic carbocycles. The highest BCUT2D eigenvalue weighted by Crippen LogP contribution is 2.60. The number of rotatable bonds is 12. The van der Waals surface area contributed by atoms with E-state index < -0.39 is 7.26 Å². The molecule has 3 heteroatoms. The highest BCUT2D eigenvalue weighted by molar-refractivity contribution is 7.75. The first kappa shape index (κ1) is 18.7. The number of unbranched alkanes of at least 4 members (excludes halogenated alkanes) is 2. The lowest BCUT2D eigenvalue weighted by Gasteiger charge is -2.27. The maximum absolute atomic E-state index is 2.38. The minimum Gasteiger partial charge on any atom is -0.240 e. The van der Waals surface area contributed by atoms with E-state index in [-0.39, 0.29) is 0 Å². The first-order chi connectivity index (χ1) is 10.2. The van der Waals surface area contributed by atoms with Gasteiger partial charge in [0.25, 0.3) is 0 Å². The molecule has 21 heavy (non-hydrogen) atoms. The van der Waals surface area contributed by atoms with Crippen molar-refractivity contribution in [3.05, 3.63) is 18.7 Å². The first-order valence-electron chi connectivity index (χ1n) is 9.02. The molecule has 2 nitrogen and oxygen atoms in total. The Morgan fingerprint density at radius 1 is 0.857 bits per heavy atom. The van der Waals surface area contributed by atoms with Crippen LogP contribution in [0.3, 0.4) is 0 Å². The molecule has 1 aromatic heterocycles. The Bertz CT molecular complexity index is 356. The van der Waals surface area contributed by atoms with Gasteiger partial charge in [0.2, 0.25) is 6.33 Å². The quantitative estimate of drug-likeness (QED) is 0.300. The fourth-order valence-electron chi connectivity index (χ4n) is 3.65. The highest BCUT2D eigenvalue weighted by atomic mass is 31.2. The van der Waals surface area contributed by atoms with Crippen LogP contribution >= 0.6 is 7.26 Å². The molecular formula is C18H37N2P+2. The minimum absolute atomic E-state index is 0.615. The third-order valence-corrected chi connectivity index (χ3v) is 9.92. The van der Waals surface area contributed by atoms with E-state index in [1.54, 1.807) is 24.6 Å². The smallest absolute Gasteiger partial charge is 0.240 e. The van der Waals surface area contributed by atoms with Crippen LogP contribution in [-0.4, -0.2) is 29.2 Å². The van der Waals surface area contributed by atoms with Crippen LogP contribution in [0, 0.1) is 0 Å². The lowest BCUT2D eigenvalue weighted by Crippen LogP contribution is -2.23. The minimum atomic E-state index is -0.615. The predicted molar refractivity (Wildman–Crippen MR) is 96.7 cm³/mol. The van der Waals surface area contributed by atoms with Gasteiger partial charge in [-0.2, -0.15) is 0 Å². The molecule has 1 heterocycles. The topological polar surface area (TPSA) is 8.81 Å². The van der Waals surface area contributed by atoms with E-state index in [4.69, 9.17) is 0 Å². The van der Waals surface area contributed by atoms with Crippen molar-refractivity contribution >= 4 is 7.26 Å². The zero-order valence-electron chi connectivity index (χ0n) is 14.9. The molecule has 0 amide bonds. The number of hydrogen-bond acceptors (Lipinski definition) is 0. The molecule has 0 saturated heterocycles. The van der Waals surface area contributed by atoms with Crippen molar-refractivity contribution in [3.63, 3.8) is 0 Å². The molecule has 0 bridgehead atoms. The molecule has 0 aliphatic heterocycles. The summed E-state index contributed by atoms with van der Waals surface area (Å²) in [4.78, 5) is 0. The van der Waals surface area contributed by atoms with Crippen molar-refractivity contribution in [2.75, 3.05) is 24.6 Å². The van der Waals surface area contributed by atoms with Crippen LogP contribution in [0.4, 0.5) is 0 Å². The molecule has 0 spiro atoms. The van der Waals surface area contributed by atoms with Gasteiger partial charge in [0.05, 0.1) is 38.2 Å². The van der Waals surface area contributed by atoms with Crippen molar-refractivity contribution in [2.24, 2.45) is 7.05 Å². The van der Waals surface area contributed by atoms with E-state index in [0.29, 0.717) is 0 Å². The fourth-order valence-corrected chi connectivity index (χ4v) is 8.73. The lowest BCUT2D eigenvalue weighted by atomic mass is 10.2. The van der Waals surface area contributed by atoms with Gasteiger partial charge in [-0.15, -0.1) is 0 Å². The summed E-state index contributed by atoms with van der Waals surface area (Å²) in [6.45, 7) is 8.33. The summed E-state index contributed by atoms with van der Waals surface area (Å²) in [6.07, 6.45) is 21.1. The predicted octanol–water partition coefficient (Wildman–Crippen LogP) is 4.73. The molecule has 0 unspecified atom stereocenters. The van der Waals surface area contributed by atoms with E-state index in [2.05, 4.69) is 55.7 Å². The summed E-state index contributed by atoms with van der Waals surface area (Å²) in [6, 6.07) is 0. The summed E-state index contributed by atoms with van der Waals surface area (Å²) >= 11 is 0. The maximum Gasteiger partial charge on any atom is 0.243 e. The van der Waals surface area contributed by atoms with Gasteiger partial charge in [0, 0.05) is 7.26 Å². The highest BCUT2D eigenvalue weighted by Gasteiger charge is 2.33. The van der Waals surface area contributed by atoms with E-state index in [1.165, 1.54) is 45.1 Å². The van der Waals surface area contributed by atoms with Crippen LogP contribution in [0.2, 0.25) is 0 Å². The van der Waals surface area contributed by atoms with Gasteiger partial charge < -0.3 is 0 Å². The molecule has 0 saturated carbocycles. The fraction of sp³-hybridized carbons (Fsp3) is 0.833.